The van der Waals surface area contributed by atoms with Gasteiger partial charge in [-0.1, -0.05) is 0 Å². The molecular formula is C18H14F3N3O3. The van der Waals surface area contributed by atoms with Gasteiger partial charge in [0.1, 0.15) is 17.2 Å². The van der Waals surface area contributed by atoms with Crippen molar-refractivity contribution in [3.8, 4) is 5.69 Å². The van der Waals surface area contributed by atoms with E-state index in [1.165, 1.54) is 7.05 Å². The van der Waals surface area contributed by atoms with E-state index in [1.807, 2.05) is 0 Å². The molecule has 0 radical (unpaired) electrons. The average molecular weight is 377 g/mol. The minimum absolute atomic E-state index is 0.00647. The van der Waals surface area contributed by atoms with Crippen LogP contribution in [-0.2, 0) is 4.74 Å². The van der Waals surface area contributed by atoms with Crippen molar-refractivity contribution in [2.45, 2.75) is 6.92 Å². The van der Waals surface area contributed by atoms with E-state index in [-0.39, 0.29) is 29.1 Å². The number of hydrogen-bond donors (Lipinski definition) is 1. The molecule has 140 valence electrons. The van der Waals surface area contributed by atoms with Crippen LogP contribution < -0.4 is 10.7 Å². The third kappa shape index (κ3) is 3.23. The largest absolute Gasteiger partial charge is 0.462 e. The number of nitrogens with zero attached hydrogens (tertiary/aromatic N) is 2. The zero-order valence-electron chi connectivity index (χ0n) is 14.3. The summed E-state index contributed by atoms with van der Waals surface area (Å²) in [6, 6.07) is 3.67. The number of carbonyl (C=O) groups excluding carboxylic acids is 1. The first-order valence-electron chi connectivity index (χ1n) is 7.93. The van der Waals surface area contributed by atoms with Gasteiger partial charge in [0.15, 0.2) is 17.3 Å². The van der Waals surface area contributed by atoms with Crippen molar-refractivity contribution in [1.82, 2.24) is 9.55 Å². The molecule has 1 N–H and O–H groups in total. The standard InChI is InChI=1S/C18H14F3N3O3/c1-3-27-18(26)11-8-24(14-5-4-9(19)6-12(14)20)17-10(15(11)25)7-13(21)16(22-2)23-17/h4-8H,3H2,1-2H3,(H,22,23). The fourth-order valence-electron chi connectivity index (χ4n) is 2.61. The highest BCUT2D eigenvalue weighted by molar-refractivity contribution is 5.93. The van der Waals surface area contributed by atoms with Gasteiger partial charge in [-0.05, 0) is 25.1 Å². The fourth-order valence-corrected chi connectivity index (χ4v) is 2.61. The molecule has 3 aromatic rings. The average Bonchev–Trinajstić information content (AvgIpc) is 2.63. The number of halogens is 3. The second kappa shape index (κ2) is 7.10. The van der Waals surface area contributed by atoms with Gasteiger partial charge in [0.2, 0.25) is 5.43 Å². The normalized spacial score (nSPS) is 10.9. The Morgan fingerprint density at radius 3 is 2.59 bits per heavy atom. The molecule has 0 saturated heterocycles. The molecule has 0 unspecified atom stereocenters. The van der Waals surface area contributed by atoms with Gasteiger partial charge in [-0.3, -0.25) is 9.36 Å². The Morgan fingerprint density at radius 2 is 1.96 bits per heavy atom. The lowest BCUT2D eigenvalue weighted by Gasteiger charge is -2.14. The summed E-state index contributed by atoms with van der Waals surface area (Å²) in [5.74, 6) is -3.70. The molecule has 0 aliphatic carbocycles. The highest BCUT2D eigenvalue weighted by Crippen LogP contribution is 2.23. The number of carbonyl (C=O) groups is 1. The summed E-state index contributed by atoms with van der Waals surface area (Å²) < 4.78 is 47.7. The molecule has 0 saturated carbocycles. The van der Waals surface area contributed by atoms with Crippen LogP contribution in [-0.4, -0.2) is 29.2 Å². The second-order valence-electron chi connectivity index (χ2n) is 5.50. The van der Waals surface area contributed by atoms with Crippen LogP contribution in [0.2, 0.25) is 0 Å². The maximum Gasteiger partial charge on any atom is 0.343 e. The van der Waals surface area contributed by atoms with Crippen molar-refractivity contribution in [2.24, 2.45) is 0 Å². The molecule has 0 aliphatic rings. The smallest absolute Gasteiger partial charge is 0.343 e. The van der Waals surface area contributed by atoms with Gasteiger partial charge in [-0.15, -0.1) is 0 Å². The number of aromatic nitrogens is 2. The van der Waals surface area contributed by atoms with Gasteiger partial charge >= 0.3 is 5.97 Å². The minimum atomic E-state index is -0.952. The topological polar surface area (TPSA) is 73.2 Å². The number of nitrogens with one attached hydrogen (secondary N) is 1. The van der Waals surface area contributed by atoms with E-state index in [0.717, 1.165) is 29.0 Å². The van der Waals surface area contributed by atoms with Gasteiger partial charge in [-0.25, -0.2) is 22.9 Å². The van der Waals surface area contributed by atoms with Crippen LogP contribution in [0.4, 0.5) is 19.0 Å². The molecule has 27 heavy (non-hydrogen) atoms. The molecule has 0 bridgehead atoms. The summed E-state index contributed by atoms with van der Waals surface area (Å²) in [7, 11) is 1.42. The Bertz CT molecular complexity index is 1110. The quantitative estimate of drug-likeness (QED) is 0.708. The zero-order chi connectivity index (χ0) is 19.7. The van der Waals surface area contributed by atoms with Crippen molar-refractivity contribution in [1.29, 1.82) is 0 Å². The molecule has 0 spiro atoms. The number of esters is 1. The molecule has 3 rings (SSSR count). The summed E-state index contributed by atoms with van der Waals surface area (Å²) in [5.41, 5.74) is -1.51. The van der Waals surface area contributed by atoms with Crippen molar-refractivity contribution >= 4 is 22.8 Å². The zero-order valence-corrected chi connectivity index (χ0v) is 14.3. The highest BCUT2D eigenvalue weighted by atomic mass is 19.1. The lowest BCUT2D eigenvalue weighted by Crippen LogP contribution is -2.22. The summed E-state index contributed by atoms with van der Waals surface area (Å²) in [4.78, 5) is 28.8. The van der Waals surface area contributed by atoms with E-state index in [4.69, 9.17) is 4.74 Å². The Morgan fingerprint density at radius 1 is 1.22 bits per heavy atom. The van der Waals surface area contributed by atoms with E-state index in [0.29, 0.717) is 6.07 Å². The molecule has 9 heteroatoms. The number of hydrogen-bond acceptors (Lipinski definition) is 5. The van der Waals surface area contributed by atoms with Crippen LogP contribution in [0.5, 0.6) is 0 Å². The van der Waals surface area contributed by atoms with Crippen molar-refractivity contribution in [2.75, 3.05) is 19.0 Å². The van der Waals surface area contributed by atoms with Gasteiger partial charge < -0.3 is 10.1 Å². The number of fused-ring (bicyclic) bond motifs is 1. The Hall–Kier alpha value is -3.36. The third-order valence-corrected chi connectivity index (χ3v) is 3.83. The van der Waals surface area contributed by atoms with Crippen LogP contribution in [0.1, 0.15) is 17.3 Å². The third-order valence-electron chi connectivity index (χ3n) is 3.83. The number of ether oxygens (including phenoxy) is 1. The van der Waals surface area contributed by atoms with Gasteiger partial charge in [0.05, 0.1) is 17.7 Å². The summed E-state index contributed by atoms with van der Waals surface area (Å²) in [5, 5.41) is 2.27. The first-order valence-corrected chi connectivity index (χ1v) is 7.93. The summed E-state index contributed by atoms with van der Waals surface area (Å²) in [6.07, 6.45) is 1.04. The second-order valence-corrected chi connectivity index (χ2v) is 5.50. The molecule has 0 fully saturated rings. The number of rotatable bonds is 4. The lowest BCUT2D eigenvalue weighted by atomic mass is 10.1. The predicted octanol–water partition coefficient (Wildman–Crippen LogP) is 3.02. The Balaban J connectivity index is 2.43. The first-order chi connectivity index (χ1) is 12.9. The van der Waals surface area contributed by atoms with Crippen LogP contribution in [0.15, 0.2) is 35.3 Å². The van der Waals surface area contributed by atoms with E-state index in [1.54, 1.807) is 6.92 Å². The van der Waals surface area contributed by atoms with Gasteiger partial charge in [0, 0.05) is 19.3 Å². The SMILES string of the molecule is CCOC(=O)c1cn(-c2ccc(F)cc2F)c2nc(NC)c(F)cc2c1=O. The molecule has 0 amide bonds. The van der Waals surface area contributed by atoms with Crippen molar-refractivity contribution in [3.63, 3.8) is 0 Å². The van der Waals surface area contributed by atoms with Crippen LogP contribution in [0.3, 0.4) is 0 Å². The first kappa shape index (κ1) is 18.4. The highest BCUT2D eigenvalue weighted by Gasteiger charge is 2.21. The fraction of sp³-hybridized carbons (Fsp3) is 0.167. The van der Waals surface area contributed by atoms with Crippen molar-refractivity contribution in [3.05, 3.63) is 63.7 Å². The Kier molecular flexibility index (Phi) is 4.85. The summed E-state index contributed by atoms with van der Waals surface area (Å²) >= 11 is 0. The van der Waals surface area contributed by atoms with E-state index >= 15 is 0 Å². The molecule has 1 aromatic carbocycles. The lowest BCUT2D eigenvalue weighted by molar-refractivity contribution is 0.0524. The summed E-state index contributed by atoms with van der Waals surface area (Å²) in [6.45, 7) is 1.56. The van der Waals surface area contributed by atoms with E-state index in [2.05, 4.69) is 10.3 Å². The number of pyridine rings is 2. The van der Waals surface area contributed by atoms with Gasteiger partial charge in [-0.2, -0.15) is 0 Å². The van der Waals surface area contributed by atoms with Crippen LogP contribution in [0, 0.1) is 17.5 Å². The molecule has 2 heterocycles. The predicted molar refractivity (Wildman–Crippen MR) is 92.7 cm³/mol. The molecular weight excluding hydrogens is 363 g/mol. The van der Waals surface area contributed by atoms with Gasteiger partial charge in [0.25, 0.3) is 0 Å². The molecule has 6 nitrogen and oxygen atoms in total. The Labute approximate surface area is 151 Å². The number of benzene rings is 1. The van der Waals surface area contributed by atoms with Crippen LogP contribution >= 0.6 is 0 Å². The number of anilines is 1. The van der Waals surface area contributed by atoms with Crippen LogP contribution in [0.25, 0.3) is 16.7 Å². The maximum absolute atomic E-state index is 14.3. The molecule has 0 atom stereocenters. The minimum Gasteiger partial charge on any atom is -0.462 e. The molecule has 2 aromatic heterocycles. The molecule has 0 aliphatic heterocycles. The van der Waals surface area contributed by atoms with Crippen molar-refractivity contribution < 1.29 is 22.7 Å². The maximum atomic E-state index is 14.3. The van der Waals surface area contributed by atoms with E-state index in [9.17, 15) is 22.8 Å². The van der Waals surface area contributed by atoms with E-state index < -0.39 is 34.4 Å². The monoisotopic (exact) mass is 377 g/mol.